The minimum atomic E-state index is 0.110. The fourth-order valence-corrected chi connectivity index (χ4v) is 3.03. The molecule has 3 heteroatoms. The van der Waals surface area contributed by atoms with E-state index in [0.29, 0.717) is 5.92 Å². The SMILES string of the molecule is CC1C(c2ccccc2)CCN1C(=O)c1ccncc1. The van der Waals surface area contributed by atoms with Gasteiger partial charge in [-0.15, -0.1) is 0 Å². The van der Waals surface area contributed by atoms with Crippen LogP contribution in [0.3, 0.4) is 0 Å². The van der Waals surface area contributed by atoms with Crippen molar-refractivity contribution in [2.75, 3.05) is 6.54 Å². The van der Waals surface area contributed by atoms with Crippen molar-refractivity contribution in [1.29, 1.82) is 0 Å². The van der Waals surface area contributed by atoms with Gasteiger partial charge in [0, 0.05) is 36.5 Å². The van der Waals surface area contributed by atoms with Crippen LogP contribution in [0.15, 0.2) is 54.9 Å². The van der Waals surface area contributed by atoms with Gasteiger partial charge in [-0.1, -0.05) is 30.3 Å². The molecule has 3 nitrogen and oxygen atoms in total. The van der Waals surface area contributed by atoms with E-state index in [4.69, 9.17) is 0 Å². The van der Waals surface area contributed by atoms with Crippen LogP contribution in [0.5, 0.6) is 0 Å². The van der Waals surface area contributed by atoms with Crippen molar-refractivity contribution in [2.24, 2.45) is 0 Å². The Kier molecular flexibility index (Phi) is 3.50. The van der Waals surface area contributed by atoms with Gasteiger partial charge in [0.15, 0.2) is 0 Å². The van der Waals surface area contributed by atoms with Crippen LogP contribution in [0.1, 0.15) is 35.2 Å². The van der Waals surface area contributed by atoms with E-state index in [2.05, 4.69) is 36.2 Å². The fourth-order valence-electron chi connectivity index (χ4n) is 3.03. The van der Waals surface area contributed by atoms with Gasteiger partial charge in [-0.05, 0) is 31.0 Å². The Morgan fingerprint density at radius 3 is 2.55 bits per heavy atom. The highest BCUT2D eigenvalue weighted by atomic mass is 16.2. The molecule has 0 aliphatic carbocycles. The molecule has 1 aliphatic rings. The average molecular weight is 266 g/mol. The van der Waals surface area contributed by atoms with Crippen molar-refractivity contribution in [3.63, 3.8) is 0 Å². The van der Waals surface area contributed by atoms with Crippen molar-refractivity contribution in [2.45, 2.75) is 25.3 Å². The third-order valence-electron chi connectivity index (χ3n) is 4.17. The second kappa shape index (κ2) is 5.45. The van der Waals surface area contributed by atoms with Gasteiger partial charge < -0.3 is 4.90 Å². The van der Waals surface area contributed by atoms with Crippen LogP contribution < -0.4 is 0 Å². The summed E-state index contributed by atoms with van der Waals surface area (Å²) in [6.45, 7) is 2.96. The first-order valence-electron chi connectivity index (χ1n) is 7.03. The highest BCUT2D eigenvalue weighted by Gasteiger charge is 2.34. The number of carbonyl (C=O) groups is 1. The van der Waals surface area contributed by atoms with Crippen molar-refractivity contribution < 1.29 is 4.79 Å². The van der Waals surface area contributed by atoms with E-state index >= 15 is 0 Å². The summed E-state index contributed by atoms with van der Waals surface area (Å²) in [5.41, 5.74) is 2.05. The highest BCUT2D eigenvalue weighted by Crippen LogP contribution is 2.33. The molecule has 0 radical (unpaired) electrons. The highest BCUT2D eigenvalue weighted by molar-refractivity contribution is 5.94. The molecule has 0 bridgehead atoms. The van der Waals surface area contributed by atoms with Crippen molar-refractivity contribution in [3.8, 4) is 0 Å². The lowest BCUT2D eigenvalue weighted by atomic mass is 9.93. The molecule has 0 saturated carbocycles. The Bertz CT molecular complexity index is 582. The number of carbonyl (C=O) groups excluding carboxylic acids is 1. The van der Waals surface area contributed by atoms with E-state index < -0.39 is 0 Å². The first kappa shape index (κ1) is 12.9. The maximum absolute atomic E-state index is 12.5. The Hall–Kier alpha value is -2.16. The molecule has 1 aromatic carbocycles. The summed E-state index contributed by atoms with van der Waals surface area (Å²) >= 11 is 0. The summed E-state index contributed by atoms with van der Waals surface area (Å²) in [5.74, 6) is 0.542. The molecule has 2 heterocycles. The minimum absolute atomic E-state index is 0.110. The van der Waals surface area contributed by atoms with E-state index in [1.54, 1.807) is 24.5 Å². The quantitative estimate of drug-likeness (QED) is 0.837. The first-order valence-corrected chi connectivity index (χ1v) is 7.03. The van der Waals surface area contributed by atoms with E-state index in [9.17, 15) is 4.79 Å². The van der Waals surface area contributed by atoms with Crippen LogP contribution in [-0.2, 0) is 0 Å². The van der Waals surface area contributed by atoms with Crippen LogP contribution in [0.4, 0.5) is 0 Å². The van der Waals surface area contributed by atoms with Crippen LogP contribution in [0.2, 0.25) is 0 Å². The Balaban J connectivity index is 1.79. The molecule has 1 aliphatic heterocycles. The number of benzene rings is 1. The van der Waals surface area contributed by atoms with E-state index in [1.807, 2.05) is 11.0 Å². The molecule has 0 N–H and O–H groups in total. The van der Waals surface area contributed by atoms with E-state index in [1.165, 1.54) is 5.56 Å². The van der Waals surface area contributed by atoms with Crippen LogP contribution in [0.25, 0.3) is 0 Å². The molecule has 1 saturated heterocycles. The topological polar surface area (TPSA) is 33.2 Å². The summed E-state index contributed by atoms with van der Waals surface area (Å²) < 4.78 is 0. The molecule has 1 fully saturated rings. The number of hydrogen-bond donors (Lipinski definition) is 0. The van der Waals surface area contributed by atoms with Crippen molar-refractivity contribution in [3.05, 3.63) is 66.0 Å². The zero-order valence-corrected chi connectivity index (χ0v) is 11.6. The third kappa shape index (κ3) is 2.31. The molecule has 2 atom stereocenters. The average Bonchev–Trinajstić information content (AvgIpc) is 2.90. The molecule has 1 aromatic heterocycles. The van der Waals surface area contributed by atoms with Gasteiger partial charge >= 0.3 is 0 Å². The predicted octanol–water partition coefficient (Wildman–Crippen LogP) is 3.10. The number of amides is 1. The number of pyridine rings is 1. The molecule has 102 valence electrons. The standard InChI is InChI=1S/C17H18N2O/c1-13-16(14-5-3-2-4-6-14)9-12-19(13)17(20)15-7-10-18-11-8-15/h2-8,10-11,13,16H,9,12H2,1H3. The number of likely N-dealkylation sites (tertiary alicyclic amines) is 1. The molecule has 2 aromatic rings. The van der Waals surface area contributed by atoms with Crippen molar-refractivity contribution in [1.82, 2.24) is 9.88 Å². The van der Waals surface area contributed by atoms with E-state index in [-0.39, 0.29) is 11.9 Å². The van der Waals surface area contributed by atoms with Gasteiger partial charge in [-0.25, -0.2) is 0 Å². The molecule has 1 amide bonds. The lowest BCUT2D eigenvalue weighted by molar-refractivity contribution is 0.0742. The molecule has 2 unspecified atom stereocenters. The number of nitrogens with zero attached hydrogens (tertiary/aromatic N) is 2. The van der Waals surface area contributed by atoms with Gasteiger partial charge in [0.05, 0.1) is 0 Å². The molecular weight excluding hydrogens is 248 g/mol. The summed E-state index contributed by atoms with van der Waals surface area (Å²) in [7, 11) is 0. The maximum Gasteiger partial charge on any atom is 0.254 e. The maximum atomic E-state index is 12.5. The van der Waals surface area contributed by atoms with Crippen LogP contribution in [-0.4, -0.2) is 28.4 Å². The fraction of sp³-hybridized carbons (Fsp3) is 0.294. The molecule has 0 spiro atoms. The summed E-state index contributed by atoms with van der Waals surface area (Å²) in [4.78, 5) is 18.5. The second-order valence-electron chi connectivity index (χ2n) is 5.28. The number of aromatic nitrogens is 1. The number of hydrogen-bond acceptors (Lipinski definition) is 2. The van der Waals surface area contributed by atoms with Gasteiger partial charge in [0.25, 0.3) is 5.91 Å². The number of rotatable bonds is 2. The Labute approximate surface area is 119 Å². The smallest absolute Gasteiger partial charge is 0.254 e. The second-order valence-corrected chi connectivity index (χ2v) is 5.28. The molecular formula is C17H18N2O. The summed E-state index contributed by atoms with van der Waals surface area (Å²) in [5, 5.41) is 0. The zero-order valence-electron chi connectivity index (χ0n) is 11.6. The third-order valence-corrected chi connectivity index (χ3v) is 4.17. The lowest BCUT2D eigenvalue weighted by Gasteiger charge is -2.25. The first-order chi connectivity index (χ1) is 9.77. The Morgan fingerprint density at radius 1 is 1.15 bits per heavy atom. The summed E-state index contributed by atoms with van der Waals surface area (Å²) in [6, 6.07) is 14.3. The molecule has 3 rings (SSSR count). The van der Waals surface area contributed by atoms with Gasteiger partial charge in [-0.3, -0.25) is 9.78 Å². The van der Waals surface area contributed by atoms with Gasteiger partial charge in [0.2, 0.25) is 0 Å². The van der Waals surface area contributed by atoms with Crippen molar-refractivity contribution >= 4 is 5.91 Å². The zero-order chi connectivity index (χ0) is 13.9. The normalized spacial score (nSPS) is 21.9. The Morgan fingerprint density at radius 2 is 1.85 bits per heavy atom. The van der Waals surface area contributed by atoms with Gasteiger partial charge in [-0.2, -0.15) is 0 Å². The lowest BCUT2D eigenvalue weighted by Crippen LogP contribution is -2.35. The van der Waals surface area contributed by atoms with E-state index in [0.717, 1.165) is 18.5 Å². The van der Waals surface area contributed by atoms with Crippen LogP contribution >= 0.6 is 0 Å². The van der Waals surface area contributed by atoms with Crippen LogP contribution in [0, 0.1) is 0 Å². The van der Waals surface area contributed by atoms with Gasteiger partial charge in [0.1, 0.15) is 0 Å². The monoisotopic (exact) mass is 266 g/mol. The minimum Gasteiger partial charge on any atom is -0.335 e. The molecule has 20 heavy (non-hydrogen) atoms. The summed E-state index contributed by atoms with van der Waals surface area (Å²) in [6.07, 6.45) is 4.37. The predicted molar refractivity (Wildman–Crippen MR) is 78.5 cm³/mol. The largest absolute Gasteiger partial charge is 0.335 e.